The van der Waals surface area contributed by atoms with E-state index in [1.165, 1.54) is 19.3 Å². The Morgan fingerprint density at radius 1 is 1.39 bits per heavy atom. The third-order valence-corrected chi connectivity index (χ3v) is 3.42. The number of rotatable bonds is 4. The van der Waals surface area contributed by atoms with Gasteiger partial charge in [0, 0.05) is 25.0 Å². The highest BCUT2D eigenvalue weighted by molar-refractivity contribution is 5.32. The molecule has 0 amide bonds. The number of nitrogens with one attached hydrogen (secondary N) is 1. The van der Waals surface area contributed by atoms with Gasteiger partial charge in [0.25, 0.3) is 5.56 Å². The minimum atomic E-state index is 0.0109. The third-order valence-electron chi connectivity index (χ3n) is 3.42. The van der Waals surface area contributed by atoms with Gasteiger partial charge in [0.1, 0.15) is 0 Å². The van der Waals surface area contributed by atoms with Gasteiger partial charge in [-0.2, -0.15) is 0 Å². The van der Waals surface area contributed by atoms with Crippen molar-refractivity contribution in [1.29, 1.82) is 0 Å². The van der Waals surface area contributed by atoms with Gasteiger partial charge in [0.05, 0.1) is 0 Å². The van der Waals surface area contributed by atoms with Crippen molar-refractivity contribution in [2.45, 2.75) is 58.5 Å². The largest absolute Gasteiger partial charge is 0.363 e. The van der Waals surface area contributed by atoms with Crippen LogP contribution < -0.4 is 10.9 Å². The van der Waals surface area contributed by atoms with Gasteiger partial charge < -0.3 is 9.88 Å². The number of nitrogens with zero attached hydrogens (tertiary/aromatic N) is 2. The van der Waals surface area contributed by atoms with Gasteiger partial charge in [-0.15, -0.1) is 0 Å². The smallest absolute Gasteiger partial charge is 0.293 e. The van der Waals surface area contributed by atoms with E-state index >= 15 is 0 Å². The fourth-order valence-corrected chi connectivity index (χ4v) is 2.52. The molecule has 0 aliphatic heterocycles. The molecule has 2 rings (SSSR count). The van der Waals surface area contributed by atoms with E-state index in [-0.39, 0.29) is 5.56 Å². The SMILES string of the molecule is CC(C)Cn1ccnc(NC2CCCCC2)c1=O. The minimum Gasteiger partial charge on any atom is -0.363 e. The van der Waals surface area contributed by atoms with Crippen molar-refractivity contribution in [3.63, 3.8) is 0 Å². The Balaban J connectivity index is 2.10. The molecule has 0 radical (unpaired) electrons. The zero-order valence-corrected chi connectivity index (χ0v) is 11.4. The van der Waals surface area contributed by atoms with Crippen molar-refractivity contribution in [2.75, 3.05) is 5.32 Å². The Kier molecular flexibility index (Phi) is 4.39. The Bertz CT molecular complexity index is 433. The maximum atomic E-state index is 12.2. The lowest BCUT2D eigenvalue weighted by Crippen LogP contribution is -2.31. The molecule has 1 heterocycles. The Morgan fingerprint density at radius 2 is 2.11 bits per heavy atom. The molecular weight excluding hydrogens is 226 g/mol. The average Bonchev–Trinajstić information content (AvgIpc) is 2.35. The van der Waals surface area contributed by atoms with Gasteiger partial charge in [-0.1, -0.05) is 33.1 Å². The highest BCUT2D eigenvalue weighted by Crippen LogP contribution is 2.19. The van der Waals surface area contributed by atoms with Gasteiger partial charge in [-0.05, 0) is 18.8 Å². The molecule has 0 atom stereocenters. The number of hydrogen-bond acceptors (Lipinski definition) is 3. The molecule has 4 nitrogen and oxygen atoms in total. The zero-order valence-electron chi connectivity index (χ0n) is 11.4. The van der Waals surface area contributed by atoms with Gasteiger partial charge >= 0.3 is 0 Å². The molecule has 1 saturated carbocycles. The standard InChI is InChI=1S/C14H23N3O/c1-11(2)10-17-9-8-15-13(14(17)18)16-12-6-4-3-5-7-12/h8-9,11-12H,3-7,10H2,1-2H3,(H,15,16). The second-order valence-corrected chi connectivity index (χ2v) is 5.61. The molecule has 18 heavy (non-hydrogen) atoms. The van der Waals surface area contributed by atoms with E-state index in [0.717, 1.165) is 19.4 Å². The molecule has 1 aromatic rings. The molecule has 1 fully saturated rings. The van der Waals surface area contributed by atoms with Crippen LogP contribution in [0.2, 0.25) is 0 Å². The molecule has 100 valence electrons. The Hall–Kier alpha value is -1.32. The van der Waals surface area contributed by atoms with E-state index in [1.54, 1.807) is 17.0 Å². The second-order valence-electron chi connectivity index (χ2n) is 5.61. The monoisotopic (exact) mass is 249 g/mol. The van der Waals surface area contributed by atoms with Crippen molar-refractivity contribution in [3.8, 4) is 0 Å². The molecule has 4 heteroatoms. The second kappa shape index (κ2) is 6.03. The summed E-state index contributed by atoms with van der Waals surface area (Å²) in [5.74, 6) is 0.984. The first-order valence-electron chi connectivity index (χ1n) is 6.99. The van der Waals surface area contributed by atoms with Crippen LogP contribution in [-0.4, -0.2) is 15.6 Å². The molecule has 0 saturated heterocycles. The summed E-state index contributed by atoms with van der Waals surface area (Å²) >= 11 is 0. The lowest BCUT2D eigenvalue weighted by atomic mass is 9.95. The normalized spacial score (nSPS) is 17.1. The predicted molar refractivity (Wildman–Crippen MR) is 73.8 cm³/mol. The van der Waals surface area contributed by atoms with Gasteiger partial charge in [0.2, 0.25) is 0 Å². The van der Waals surface area contributed by atoms with Gasteiger partial charge in [-0.3, -0.25) is 4.79 Å². The number of aromatic nitrogens is 2. The van der Waals surface area contributed by atoms with Crippen LogP contribution in [0.15, 0.2) is 17.2 Å². The molecule has 1 aromatic heterocycles. The summed E-state index contributed by atoms with van der Waals surface area (Å²) in [6.45, 7) is 4.98. The van der Waals surface area contributed by atoms with Crippen molar-refractivity contribution < 1.29 is 0 Å². The summed E-state index contributed by atoms with van der Waals surface area (Å²) in [7, 11) is 0. The summed E-state index contributed by atoms with van der Waals surface area (Å²) in [6.07, 6.45) is 9.62. The summed E-state index contributed by atoms with van der Waals surface area (Å²) in [6, 6.07) is 0.425. The first-order valence-corrected chi connectivity index (χ1v) is 6.99. The zero-order chi connectivity index (χ0) is 13.0. The van der Waals surface area contributed by atoms with Gasteiger partial charge in [-0.25, -0.2) is 4.98 Å². The fraction of sp³-hybridized carbons (Fsp3) is 0.714. The highest BCUT2D eigenvalue weighted by Gasteiger charge is 2.15. The van der Waals surface area contributed by atoms with Gasteiger partial charge in [0.15, 0.2) is 5.82 Å². The quantitative estimate of drug-likeness (QED) is 0.892. The van der Waals surface area contributed by atoms with E-state index in [1.807, 2.05) is 0 Å². The fourth-order valence-electron chi connectivity index (χ4n) is 2.52. The molecule has 1 aliphatic rings. The van der Waals surface area contributed by atoms with Crippen LogP contribution >= 0.6 is 0 Å². The summed E-state index contributed by atoms with van der Waals surface area (Å²) in [5.41, 5.74) is 0.0109. The molecule has 1 aliphatic carbocycles. The first-order chi connectivity index (χ1) is 8.66. The van der Waals surface area contributed by atoms with Crippen LogP contribution in [0.1, 0.15) is 46.0 Å². The summed E-state index contributed by atoms with van der Waals surface area (Å²) < 4.78 is 1.75. The van der Waals surface area contributed by atoms with Crippen molar-refractivity contribution in [1.82, 2.24) is 9.55 Å². The third kappa shape index (κ3) is 3.34. The summed E-state index contributed by atoms with van der Waals surface area (Å²) in [4.78, 5) is 16.4. The van der Waals surface area contributed by atoms with Crippen LogP contribution in [0.3, 0.4) is 0 Å². The highest BCUT2D eigenvalue weighted by atomic mass is 16.1. The van der Waals surface area contributed by atoms with Crippen molar-refractivity contribution in [3.05, 3.63) is 22.7 Å². The predicted octanol–water partition coefficient (Wildman–Crippen LogP) is 2.64. The van der Waals surface area contributed by atoms with E-state index in [9.17, 15) is 4.79 Å². The van der Waals surface area contributed by atoms with Crippen LogP contribution in [-0.2, 0) is 6.54 Å². The average molecular weight is 249 g/mol. The number of hydrogen-bond donors (Lipinski definition) is 1. The van der Waals surface area contributed by atoms with Crippen LogP contribution in [0, 0.1) is 5.92 Å². The lowest BCUT2D eigenvalue weighted by molar-refractivity contribution is 0.459. The summed E-state index contributed by atoms with van der Waals surface area (Å²) in [5, 5.41) is 3.32. The Labute approximate surface area is 108 Å². The van der Waals surface area contributed by atoms with Crippen molar-refractivity contribution >= 4 is 5.82 Å². The maximum absolute atomic E-state index is 12.2. The molecule has 1 N–H and O–H groups in total. The molecular formula is C14H23N3O. The Morgan fingerprint density at radius 3 is 2.78 bits per heavy atom. The van der Waals surface area contributed by atoms with Crippen molar-refractivity contribution in [2.24, 2.45) is 5.92 Å². The van der Waals surface area contributed by atoms with E-state index < -0.39 is 0 Å². The number of anilines is 1. The first kappa shape index (κ1) is 13.1. The minimum absolute atomic E-state index is 0.0109. The van der Waals surface area contributed by atoms with E-state index in [2.05, 4.69) is 24.1 Å². The maximum Gasteiger partial charge on any atom is 0.293 e. The molecule has 0 aromatic carbocycles. The molecule has 0 unspecified atom stereocenters. The lowest BCUT2D eigenvalue weighted by Gasteiger charge is -2.23. The topological polar surface area (TPSA) is 46.9 Å². The molecule has 0 bridgehead atoms. The van der Waals surface area contributed by atoms with E-state index in [0.29, 0.717) is 17.8 Å². The molecule has 0 spiro atoms. The van der Waals surface area contributed by atoms with Crippen LogP contribution in [0.4, 0.5) is 5.82 Å². The van der Waals surface area contributed by atoms with Crippen LogP contribution in [0.5, 0.6) is 0 Å². The van der Waals surface area contributed by atoms with E-state index in [4.69, 9.17) is 0 Å². The van der Waals surface area contributed by atoms with Crippen LogP contribution in [0.25, 0.3) is 0 Å².